The summed E-state index contributed by atoms with van der Waals surface area (Å²) >= 11 is 5.97. The van der Waals surface area contributed by atoms with Gasteiger partial charge in [0.05, 0.1) is 18.1 Å². The summed E-state index contributed by atoms with van der Waals surface area (Å²) < 4.78 is 0. The molecule has 1 amide bonds. The van der Waals surface area contributed by atoms with Gasteiger partial charge >= 0.3 is 0 Å². The van der Waals surface area contributed by atoms with Crippen molar-refractivity contribution < 1.29 is 4.79 Å². The second-order valence-electron chi connectivity index (χ2n) is 7.29. The zero-order chi connectivity index (χ0) is 18.5. The van der Waals surface area contributed by atoms with Gasteiger partial charge in [0.25, 0.3) is 0 Å². The molecule has 0 radical (unpaired) electrons. The number of nitrogens with zero attached hydrogens (tertiary/aromatic N) is 4. The Kier molecular flexibility index (Phi) is 3.75. The Labute approximate surface area is 161 Å². The number of H-pyrrole nitrogens is 1. The van der Waals surface area contributed by atoms with Crippen LogP contribution in [-0.2, 0) is 11.2 Å². The maximum atomic E-state index is 13.1. The maximum Gasteiger partial charge on any atom is 0.232 e. The molecule has 7 heteroatoms. The highest BCUT2D eigenvalue weighted by atomic mass is 35.5. The molecule has 6 nitrogen and oxygen atoms in total. The molecule has 136 valence electrons. The van der Waals surface area contributed by atoms with Gasteiger partial charge in [-0.3, -0.25) is 14.8 Å². The largest absolute Gasteiger partial charge is 0.293 e. The minimum atomic E-state index is 0.0184. The fourth-order valence-corrected chi connectivity index (χ4v) is 4.31. The van der Waals surface area contributed by atoms with Crippen molar-refractivity contribution in [1.82, 2.24) is 20.4 Å². The minimum absolute atomic E-state index is 0.0184. The van der Waals surface area contributed by atoms with E-state index in [4.69, 9.17) is 11.6 Å². The van der Waals surface area contributed by atoms with E-state index in [0.717, 1.165) is 41.0 Å². The highest BCUT2D eigenvalue weighted by Gasteiger charge is 2.59. The second kappa shape index (κ2) is 6.16. The normalized spacial score (nSPS) is 23.6. The first-order chi connectivity index (χ1) is 13.1. The molecule has 2 aromatic heterocycles. The van der Waals surface area contributed by atoms with Crippen LogP contribution in [0.25, 0.3) is 11.3 Å². The quantitative estimate of drug-likeness (QED) is 0.753. The van der Waals surface area contributed by atoms with Crippen LogP contribution < -0.4 is 4.90 Å². The SMILES string of the molecule is Cc1c(-c2ccnnc2)n[nH]c1N1C(=O)C(Cc2ccc(Cl)cc2)C2CC21. The average Bonchev–Trinajstić information content (AvgIpc) is 3.30. The van der Waals surface area contributed by atoms with Gasteiger partial charge in [0, 0.05) is 28.1 Å². The lowest BCUT2D eigenvalue weighted by atomic mass is 9.95. The van der Waals surface area contributed by atoms with Crippen LogP contribution in [0.1, 0.15) is 17.5 Å². The van der Waals surface area contributed by atoms with Crippen molar-refractivity contribution in [3.63, 3.8) is 0 Å². The molecule has 3 aromatic rings. The number of carbonyl (C=O) groups excluding carboxylic acids is 1. The van der Waals surface area contributed by atoms with E-state index in [9.17, 15) is 4.79 Å². The van der Waals surface area contributed by atoms with E-state index in [-0.39, 0.29) is 17.9 Å². The Balaban J connectivity index is 1.42. The highest BCUT2D eigenvalue weighted by molar-refractivity contribution is 6.30. The number of aromatic nitrogens is 4. The number of carbonyl (C=O) groups is 1. The molecule has 3 unspecified atom stereocenters. The third-order valence-corrected chi connectivity index (χ3v) is 5.91. The monoisotopic (exact) mass is 379 g/mol. The lowest BCUT2D eigenvalue weighted by molar-refractivity contribution is -0.121. The van der Waals surface area contributed by atoms with Gasteiger partial charge < -0.3 is 0 Å². The van der Waals surface area contributed by atoms with E-state index in [2.05, 4.69) is 20.4 Å². The Morgan fingerprint density at radius 3 is 2.78 bits per heavy atom. The summed E-state index contributed by atoms with van der Waals surface area (Å²) in [4.78, 5) is 15.1. The summed E-state index contributed by atoms with van der Waals surface area (Å²) in [5.41, 5.74) is 3.82. The lowest BCUT2D eigenvalue weighted by Crippen LogP contribution is -2.33. The number of fused-ring (bicyclic) bond motifs is 1. The number of benzene rings is 1. The fraction of sp³-hybridized carbons (Fsp3) is 0.300. The van der Waals surface area contributed by atoms with Crippen LogP contribution in [-0.4, -0.2) is 32.3 Å². The van der Waals surface area contributed by atoms with Crippen LogP contribution in [0.5, 0.6) is 0 Å². The molecule has 5 rings (SSSR count). The van der Waals surface area contributed by atoms with Crippen LogP contribution in [0, 0.1) is 18.8 Å². The van der Waals surface area contributed by atoms with Crippen LogP contribution >= 0.6 is 11.6 Å². The van der Waals surface area contributed by atoms with Crippen molar-refractivity contribution >= 4 is 23.3 Å². The summed E-state index contributed by atoms with van der Waals surface area (Å²) in [7, 11) is 0. The van der Waals surface area contributed by atoms with E-state index in [1.807, 2.05) is 42.2 Å². The molecule has 1 saturated carbocycles. The molecule has 3 heterocycles. The number of hydrogen-bond donors (Lipinski definition) is 1. The van der Waals surface area contributed by atoms with Crippen LogP contribution in [0.4, 0.5) is 5.82 Å². The number of aromatic amines is 1. The van der Waals surface area contributed by atoms with Gasteiger partial charge in [-0.1, -0.05) is 23.7 Å². The van der Waals surface area contributed by atoms with E-state index in [1.165, 1.54) is 0 Å². The first-order valence-corrected chi connectivity index (χ1v) is 9.41. The van der Waals surface area contributed by atoms with Crippen molar-refractivity contribution in [2.24, 2.45) is 11.8 Å². The van der Waals surface area contributed by atoms with Crippen molar-refractivity contribution in [2.75, 3.05) is 4.90 Å². The first kappa shape index (κ1) is 16.4. The van der Waals surface area contributed by atoms with E-state index >= 15 is 0 Å². The molecule has 0 spiro atoms. The van der Waals surface area contributed by atoms with Gasteiger partial charge in [0.15, 0.2) is 0 Å². The highest BCUT2D eigenvalue weighted by Crippen LogP contribution is 2.52. The van der Waals surface area contributed by atoms with Gasteiger partial charge in [-0.05, 0) is 49.4 Å². The van der Waals surface area contributed by atoms with Gasteiger partial charge in [-0.2, -0.15) is 15.3 Å². The molecular weight excluding hydrogens is 362 g/mol. The summed E-state index contributed by atoms with van der Waals surface area (Å²) in [5.74, 6) is 1.42. The molecule has 1 saturated heterocycles. The van der Waals surface area contributed by atoms with Crippen LogP contribution in [0.2, 0.25) is 5.02 Å². The molecule has 0 bridgehead atoms. The van der Waals surface area contributed by atoms with E-state index in [0.29, 0.717) is 10.9 Å². The Hall–Kier alpha value is -2.73. The molecular formula is C20H18ClN5O. The molecule has 3 atom stereocenters. The third-order valence-electron chi connectivity index (χ3n) is 5.66. The Morgan fingerprint density at radius 1 is 1.22 bits per heavy atom. The molecule has 1 aliphatic carbocycles. The average molecular weight is 380 g/mol. The van der Waals surface area contributed by atoms with E-state index in [1.54, 1.807) is 12.4 Å². The van der Waals surface area contributed by atoms with Gasteiger partial charge in [-0.25, -0.2) is 0 Å². The van der Waals surface area contributed by atoms with Gasteiger partial charge in [0.2, 0.25) is 5.91 Å². The number of nitrogens with one attached hydrogen (secondary N) is 1. The number of rotatable bonds is 4. The van der Waals surface area contributed by atoms with Crippen LogP contribution in [0.15, 0.2) is 42.7 Å². The Bertz CT molecular complexity index is 1000. The summed E-state index contributed by atoms with van der Waals surface area (Å²) in [6.07, 6.45) is 5.13. The van der Waals surface area contributed by atoms with Crippen molar-refractivity contribution in [3.05, 3.63) is 58.9 Å². The van der Waals surface area contributed by atoms with Crippen molar-refractivity contribution in [2.45, 2.75) is 25.8 Å². The molecule has 2 aliphatic rings. The third kappa shape index (κ3) is 2.72. The number of amides is 1. The molecule has 1 N–H and O–H groups in total. The second-order valence-corrected chi connectivity index (χ2v) is 7.73. The summed E-state index contributed by atoms with van der Waals surface area (Å²) in [5, 5.41) is 16.0. The number of halogens is 1. The molecule has 1 aromatic carbocycles. The zero-order valence-electron chi connectivity index (χ0n) is 14.8. The zero-order valence-corrected chi connectivity index (χ0v) is 15.5. The van der Waals surface area contributed by atoms with Gasteiger partial charge in [-0.15, -0.1) is 0 Å². The molecule has 27 heavy (non-hydrogen) atoms. The van der Waals surface area contributed by atoms with Crippen molar-refractivity contribution in [1.29, 1.82) is 0 Å². The predicted molar refractivity (Wildman–Crippen MR) is 102 cm³/mol. The lowest BCUT2D eigenvalue weighted by Gasteiger charge is -2.20. The predicted octanol–water partition coefficient (Wildman–Crippen LogP) is 3.42. The van der Waals surface area contributed by atoms with E-state index < -0.39 is 0 Å². The standard InChI is InChI=1S/C20H18ClN5O/c1-11-18(13-6-7-22-23-10-13)24-25-19(11)26-17-9-15(17)16(20(26)27)8-12-2-4-14(21)5-3-12/h2-7,10,15-17H,8-9H2,1H3,(H,24,25). The van der Waals surface area contributed by atoms with Crippen molar-refractivity contribution in [3.8, 4) is 11.3 Å². The minimum Gasteiger partial charge on any atom is -0.293 e. The number of piperidine rings is 1. The first-order valence-electron chi connectivity index (χ1n) is 9.03. The number of anilines is 1. The van der Waals surface area contributed by atoms with Gasteiger partial charge in [0.1, 0.15) is 5.82 Å². The fourth-order valence-electron chi connectivity index (χ4n) is 4.18. The molecule has 1 aliphatic heterocycles. The number of hydrogen-bond acceptors (Lipinski definition) is 4. The topological polar surface area (TPSA) is 74.8 Å². The van der Waals surface area contributed by atoms with Crippen LogP contribution in [0.3, 0.4) is 0 Å². The smallest absolute Gasteiger partial charge is 0.232 e. The Morgan fingerprint density at radius 2 is 2.04 bits per heavy atom. The maximum absolute atomic E-state index is 13.1. The molecule has 2 fully saturated rings. The summed E-state index contributed by atoms with van der Waals surface area (Å²) in [6, 6.07) is 9.92. The summed E-state index contributed by atoms with van der Waals surface area (Å²) in [6.45, 7) is 1.99.